The zero-order chi connectivity index (χ0) is 15.0. The van der Waals surface area contributed by atoms with Gasteiger partial charge in [-0.2, -0.15) is 17.4 Å². The van der Waals surface area contributed by atoms with Gasteiger partial charge in [-0.1, -0.05) is 39.0 Å². The molecule has 1 saturated heterocycles. The summed E-state index contributed by atoms with van der Waals surface area (Å²) in [5.41, 5.74) is 5.70. The monoisotopic (exact) mass is 305 g/mol. The van der Waals surface area contributed by atoms with Crippen molar-refractivity contribution in [2.24, 2.45) is 5.73 Å². The maximum atomic E-state index is 12.4. The topological polar surface area (TPSA) is 75.4 Å². The average molecular weight is 305 g/mol. The van der Waals surface area contributed by atoms with Gasteiger partial charge in [-0.05, 0) is 26.2 Å². The molecule has 2 atom stereocenters. The minimum absolute atomic E-state index is 0.00259. The molecule has 0 aromatic carbocycles. The van der Waals surface area contributed by atoms with E-state index in [4.69, 9.17) is 5.73 Å². The van der Waals surface area contributed by atoms with Crippen LogP contribution in [0.25, 0.3) is 0 Å². The van der Waals surface area contributed by atoms with Crippen LogP contribution >= 0.6 is 0 Å². The Balaban J connectivity index is 2.46. The van der Waals surface area contributed by atoms with Crippen molar-refractivity contribution in [3.05, 3.63) is 0 Å². The third-order valence-corrected chi connectivity index (χ3v) is 5.79. The molecule has 0 amide bonds. The first-order valence-electron chi connectivity index (χ1n) is 8.00. The molecule has 0 aromatic rings. The van der Waals surface area contributed by atoms with Crippen molar-refractivity contribution in [3.63, 3.8) is 0 Å². The van der Waals surface area contributed by atoms with E-state index in [1.807, 2.05) is 6.92 Å². The van der Waals surface area contributed by atoms with Crippen molar-refractivity contribution in [1.29, 1.82) is 0 Å². The van der Waals surface area contributed by atoms with Crippen LogP contribution < -0.4 is 10.5 Å². The predicted molar refractivity (Wildman–Crippen MR) is 83.7 cm³/mol. The Bertz CT molecular complexity index is 359. The fourth-order valence-electron chi connectivity index (χ4n) is 2.78. The van der Waals surface area contributed by atoms with Crippen LogP contribution in [0.15, 0.2) is 0 Å². The molecule has 1 rings (SSSR count). The molecular formula is C14H31N3O2S. The molecule has 0 spiro atoms. The van der Waals surface area contributed by atoms with Gasteiger partial charge in [-0.15, -0.1) is 0 Å². The van der Waals surface area contributed by atoms with E-state index < -0.39 is 10.2 Å². The Kier molecular flexibility index (Phi) is 8.02. The Morgan fingerprint density at radius 3 is 2.70 bits per heavy atom. The zero-order valence-corrected chi connectivity index (χ0v) is 13.8. The lowest BCUT2D eigenvalue weighted by atomic mass is 10.1. The molecule has 6 heteroatoms. The Morgan fingerprint density at radius 2 is 2.05 bits per heavy atom. The molecule has 0 radical (unpaired) electrons. The van der Waals surface area contributed by atoms with Crippen LogP contribution in [0.1, 0.15) is 65.2 Å². The van der Waals surface area contributed by atoms with Crippen molar-refractivity contribution in [2.45, 2.75) is 77.3 Å². The minimum Gasteiger partial charge on any atom is -0.329 e. The molecule has 3 N–H and O–H groups in total. The third-order valence-electron chi connectivity index (χ3n) is 3.99. The van der Waals surface area contributed by atoms with E-state index in [0.29, 0.717) is 13.1 Å². The molecule has 20 heavy (non-hydrogen) atoms. The van der Waals surface area contributed by atoms with Crippen LogP contribution in [0, 0.1) is 0 Å². The van der Waals surface area contributed by atoms with Crippen LogP contribution in [0.2, 0.25) is 0 Å². The highest BCUT2D eigenvalue weighted by molar-refractivity contribution is 7.87. The predicted octanol–water partition coefficient (Wildman–Crippen LogP) is 1.99. The lowest BCUT2D eigenvalue weighted by molar-refractivity contribution is 0.253. The summed E-state index contributed by atoms with van der Waals surface area (Å²) in [6, 6.07) is -0.0363. The molecule has 5 nitrogen and oxygen atoms in total. The van der Waals surface area contributed by atoms with Crippen molar-refractivity contribution >= 4 is 10.2 Å². The molecular weight excluding hydrogens is 274 g/mol. The number of nitrogens with zero attached hydrogens (tertiary/aromatic N) is 1. The molecule has 1 aliphatic heterocycles. The first-order chi connectivity index (χ1) is 9.51. The summed E-state index contributed by atoms with van der Waals surface area (Å²) in [7, 11) is -3.38. The Labute approximate surface area is 124 Å². The lowest BCUT2D eigenvalue weighted by Gasteiger charge is -2.34. The lowest BCUT2D eigenvalue weighted by Crippen LogP contribution is -2.53. The van der Waals surface area contributed by atoms with Crippen LogP contribution in [0.5, 0.6) is 0 Å². The molecule has 2 unspecified atom stereocenters. The van der Waals surface area contributed by atoms with E-state index in [1.54, 1.807) is 4.31 Å². The quantitative estimate of drug-likeness (QED) is 0.640. The number of rotatable bonds is 9. The summed E-state index contributed by atoms with van der Waals surface area (Å²) < 4.78 is 29.2. The molecule has 0 aliphatic carbocycles. The van der Waals surface area contributed by atoms with Crippen LogP contribution in [-0.4, -0.2) is 37.9 Å². The number of hydrogen-bond donors (Lipinski definition) is 2. The molecule has 1 aliphatic rings. The van der Waals surface area contributed by atoms with Crippen molar-refractivity contribution in [3.8, 4) is 0 Å². The van der Waals surface area contributed by atoms with E-state index in [2.05, 4.69) is 11.6 Å². The zero-order valence-electron chi connectivity index (χ0n) is 13.0. The Hall–Kier alpha value is -0.170. The average Bonchev–Trinajstić information content (AvgIpc) is 2.43. The maximum Gasteiger partial charge on any atom is 0.279 e. The summed E-state index contributed by atoms with van der Waals surface area (Å²) in [5, 5.41) is 0. The number of nitrogens with one attached hydrogen (secondary N) is 1. The fraction of sp³-hybridized carbons (Fsp3) is 1.00. The van der Waals surface area contributed by atoms with E-state index in [-0.39, 0.29) is 12.1 Å². The molecule has 0 bridgehead atoms. The first kappa shape index (κ1) is 17.9. The summed E-state index contributed by atoms with van der Waals surface area (Å²) >= 11 is 0. The van der Waals surface area contributed by atoms with Gasteiger partial charge in [0, 0.05) is 25.2 Å². The summed E-state index contributed by atoms with van der Waals surface area (Å²) in [6.45, 7) is 5.13. The van der Waals surface area contributed by atoms with E-state index in [0.717, 1.165) is 32.1 Å². The van der Waals surface area contributed by atoms with Gasteiger partial charge in [0.05, 0.1) is 0 Å². The largest absolute Gasteiger partial charge is 0.329 e. The summed E-state index contributed by atoms with van der Waals surface area (Å²) in [6.07, 6.45) is 8.47. The SMILES string of the molecule is CCCCCCC(C)NS(=O)(=O)N1CCCCC1CN. The number of piperidine rings is 1. The van der Waals surface area contributed by atoms with Crippen molar-refractivity contribution in [2.75, 3.05) is 13.1 Å². The van der Waals surface area contributed by atoms with Gasteiger partial charge < -0.3 is 5.73 Å². The molecule has 0 aromatic heterocycles. The van der Waals surface area contributed by atoms with Crippen LogP contribution in [0.3, 0.4) is 0 Å². The number of unbranched alkanes of at least 4 members (excludes halogenated alkanes) is 3. The van der Waals surface area contributed by atoms with Crippen molar-refractivity contribution in [1.82, 2.24) is 9.03 Å². The van der Waals surface area contributed by atoms with Crippen molar-refractivity contribution < 1.29 is 8.42 Å². The van der Waals surface area contributed by atoms with E-state index >= 15 is 0 Å². The molecule has 120 valence electrons. The van der Waals surface area contributed by atoms with Crippen LogP contribution in [0.4, 0.5) is 0 Å². The van der Waals surface area contributed by atoms with Gasteiger partial charge in [0.1, 0.15) is 0 Å². The number of hydrogen-bond acceptors (Lipinski definition) is 3. The van der Waals surface area contributed by atoms with Crippen LogP contribution in [-0.2, 0) is 10.2 Å². The smallest absolute Gasteiger partial charge is 0.279 e. The fourth-order valence-corrected chi connectivity index (χ4v) is 4.50. The second-order valence-electron chi connectivity index (χ2n) is 5.87. The summed E-state index contributed by atoms with van der Waals surface area (Å²) in [4.78, 5) is 0. The minimum atomic E-state index is -3.38. The maximum absolute atomic E-state index is 12.4. The highest BCUT2D eigenvalue weighted by atomic mass is 32.2. The van der Waals surface area contributed by atoms with Gasteiger partial charge in [0.25, 0.3) is 10.2 Å². The second kappa shape index (κ2) is 8.97. The van der Waals surface area contributed by atoms with Gasteiger partial charge in [-0.25, -0.2) is 0 Å². The summed E-state index contributed by atoms with van der Waals surface area (Å²) in [5.74, 6) is 0. The third kappa shape index (κ3) is 5.68. The number of nitrogens with two attached hydrogens (primary N) is 1. The second-order valence-corrected chi connectivity index (χ2v) is 7.52. The standard InChI is InChI=1S/C14H31N3O2S/c1-3-4-5-6-9-13(2)16-20(18,19)17-11-8-7-10-14(17)12-15/h13-14,16H,3-12,15H2,1-2H3. The van der Waals surface area contributed by atoms with Gasteiger partial charge in [0.15, 0.2) is 0 Å². The highest BCUT2D eigenvalue weighted by Gasteiger charge is 2.31. The first-order valence-corrected chi connectivity index (χ1v) is 9.44. The molecule has 0 saturated carbocycles. The van der Waals surface area contributed by atoms with Gasteiger partial charge in [-0.3, -0.25) is 0 Å². The van der Waals surface area contributed by atoms with E-state index in [1.165, 1.54) is 19.3 Å². The normalized spacial score (nSPS) is 22.9. The molecule has 1 fully saturated rings. The molecule has 1 heterocycles. The Morgan fingerprint density at radius 1 is 1.30 bits per heavy atom. The van der Waals surface area contributed by atoms with Gasteiger partial charge >= 0.3 is 0 Å². The van der Waals surface area contributed by atoms with Gasteiger partial charge in [0.2, 0.25) is 0 Å². The highest BCUT2D eigenvalue weighted by Crippen LogP contribution is 2.19. The van der Waals surface area contributed by atoms with E-state index in [9.17, 15) is 8.42 Å².